The molecular weight excluding hydrogens is 316 g/mol. The van der Waals surface area contributed by atoms with E-state index in [0.717, 1.165) is 25.2 Å². The van der Waals surface area contributed by atoms with Gasteiger partial charge in [0.2, 0.25) is 17.6 Å². The number of carbonyl (C=O) groups excluding carboxylic acids is 1. The van der Waals surface area contributed by atoms with Gasteiger partial charge in [-0.2, -0.15) is 4.98 Å². The summed E-state index contributed by atoms with van der Waals surface area (Å²) in [7, 11) is 0. The van der Waals surface area contributed by atoms with Crippen molar-refractivity contribution < 1.29 is 9.32 Å². The lowest BCUT2D eigenvalue weighted by Gasteiger charge is -2.31. The van der Waals surface area contributed by atoms with Crippen LogP contribution < -0.4 is 5.32 Å². The van der Waals surface area contributed by atoms with Gasteiger partial charge in [0.15, 0.2) is 0 Å². The highest BCUT2D eigenvalue weighted by molar-refractivity contribution is 6.30. The van der Waals surface area contributed by atoms with Crippen LogP contribution in [-0.2, 0) is 11.2 Å². The number of benzene rings is 1. The van der Waals surface area contributed by atoms with Crippen LogP contribution in [0, 0.1) is 0 Å². The number of halogens is 1. The van der Waals surface area contributed by atoms with Gasteiger partial charge in [-0.25, -0.2) is 0 Å². The summed E-state index contributed by atoms with van der Waals surface area (Å²) in [6, 6.07) is 7.57. The van der Waals surface area contributed by atoms with Gasteiger partial charge >= 0.3 is 0 Å². The van der Waals surface area contributed by atoms with E-state index >= 15 is 0 Å². The molecule has 0 radical (unpaired) electrons. The molecule has 7 heteroatoms. The van der Waals surface area contributed by atoms with E-state index in [1.807, 2.05) is 17.0 Å². The minimum Gasteiger partial charge on any atom is -0.340 e. The van der Waals surface area contributed by atoms with Crippen LogP contribution in [0.4, 0.5) is 0 Å². The summed E-state index contributed by atoms with van der Waals surface area (Å²) >= 11 is 5.86. The maximum Gasteiger partial charge on any atom is 0.227 e. The fourth-order valence-corrected chi connectivity index (χ4v) is 2.73. The number of carbonyl (C=O) groups is 1. The van der Waals surface area contributed by atoms with Crippen molar-refractivity contribution in [3.63, 3.8) is 0 Å². The number of piperazine rings is 1. The van der Waals surface area contributed by atoms with Crippen molar-refractivity contribution in [1.82, 2.24) is 20.4 Å². The molecule has 1 aliphatic rings. The Balaban J connectivity index is 1.56. The number of nitrogens with one attached hydrogen (secondary N) is 1. The SMILES string of the molecule is CC1CN(C(=O)CCc2nc(-c3ccc(Cl)cc3)no2)CCN1. The molecule has 6 nitrogen and oxygen atoms in total. The summed E-state index contributed by atoms with van der Waals surface area (Å²) in [5.41, 5.74) is 0.839. The van der Waals surface area contributed by atoms with E-state index in [9.17, 15) is 4.79 Å². The second-order valence-electron chi connectivity index (χ2n) is 5.71. The molecule has 2 heterocycles. The molecule has 0 aliphatic carbocycles. The number of hydrogen-bond acceptors (Lipinski definition) is 5. The quantitative estimate of drug-likeness (QED) is 0.927. The minimum absolute atomic E-state index is 0.129. The Hall–Kier alpha value is -1.92. The first-order valence-corrected chi connectivity index (χ1v) is 8.09. The van der Waals surface area contributed by atoms with Gasteiger partial charge in [0.25, 0.3) is 0 Å². The van der Waals surface area contributed by atoms with E-state index < -0.39 is 0 Å². The van der Waals surface area contributed by atoms with E-state index in [2.05, 4.69) is 22.4 Å². The van der Waals surface area contributed by atoms with Crippen LogP contribution in [0.5, 0.6) is 0 Å². The molecular formula is C16H19ClN4O2. The normalized spacial score (nSPS) is 18.2. The predicted octanol–water partition coefficient (Wildman–Crippen LogP) is 2.14. The predicted molar refractivity (Wildman–Crippen MR) is 87.1 cm³/mol. The van der Waals surface area contributed by atoms with Gasteiger partial charge in [-0.3, -0.25) is 4.79 Å². The molecule has 122 valence electrons. The molecule has 0 spiro atoms. The molecule has 0 bridgehead atoms. The van der Waals surface area contributed by atoms with Gasteiger partial charge in [-0.15, -0.1) is 0 Å². The Morgan fingerprint density at radius 1 is 1.43 bits per heavy atom. The van der Waals surface area contributed by atoms with Crippen molar-refractivity contribution in [2.24, 2.45) is 0 Å². The van der Waals surface area contributed by atoms with Crippen LogP contribution >= 0.6 is 11.6 Å². The number of hydrogen-bond donors (Lipinski definition) is 1. The molecule has 23 heavy (non-hydrogen) atoms. The van der Waals surface area contributed by atoms with Crippen molar-refractivity contribution in [3.05, 3.63) is 35.2 Å². The van der Waals surface area contributed by atoms with Gasteiger partial charge in [-0.1, -0.05) is 16.8 Å². The molecule has 0 saturated carbocycles. The second kappa shape index (κ2) is 7.10. The first-order valence-electron chi connectivity index (χ1n) is 7.71. The van der Waals surface area contributed by atoms with Crippen LogP contribution in [0.15, 0.2) is 28.8 Å². The Bertz CT molecular complexity index is 671. The van der Waals surface area contributed by atoms with Gasteiger partial charge in [0.1, 0.15) is 0 Å². The van der Waals surface area contributed by atoms with Crippen LogP contribution in [0.3, 0.4) is 0 Å². The Kier molecular flexibility index (Phi) is 4.93. The standard InChI is InChI=1S/C16H19ClN4O2/c1-11-10-21(9-8-18-11)15(22)7-6-14-19-16(20-23-14)12-2-4-13(17)5-3-12/h2-5,11,18H,6-10H2,1H3. The average molecular weight is 335 g/mol. The fourth-order valence-electron chi connectivity index (χ4n) is 2.60. The maximum absolute atomic E-state index is 12.2. The zero-order valence-corrected chi connectivity index (χ0v) is 13.7. The van der Waals surface area contributed by atoms with E-state index in [-0.39, 0.29) is 5.91 Å². The van der Waals surface area contributed by atoms with Crippen molar-refractivity contribution in [3.8, 4) is 11.4 Å². The largest absolute Gasteiger partial charge is 0.340 e. The summed E-state index contributed by atoms with van der Waals surface area (Å²) in [6.07, 6.45) is 0.840. The minimum atomic E-state index is 0.129. The molecule has 1 unspecified atom stereocenters. The molecule has 1 atom stereocenters. The second-order valence-corrected chi connectivity index (χ2v) is 6.15. The summed E-state index contributed by atoms with van der Waals surface area (Å²) in [4.78, 5) is 18.4. The highest BCUT2D eigenvalue weighted by Crippen LogP contribution is 2.19. The lowest BCUT2D eigenvalue weighted by atomic mass is 10.2. The lowest BCUT2D eigenvalue weighted by molar-refractivity contribution is -0.132. The smallest absolute Gasteiger partial charge is 0.227 e. The van der Waals surface area contributed by atoms with E-state index in [1.54, 1.807) is 12.1 Å². The third kappa shape index (κ3) is 4.09. The Morgan fingerprint density at radius 2 is 2.22 bits per heavy atom. The highest BCUT2D eigenvalue weighted by Gasteiger charge is 2.21. The summed E-state index contributed by atoms with van der Waals surface area (Å²) in [5.74, 6) is 1.12. The third-order valence-electron chi connectivity index (χ3n) is 3.84. The van der Waals surface area contributed by atoms with E-state index in [1.165, 1.54) is 0 Å². The summed E-state index contributed by atoms with van der Waals surface area (Å²) < 4.78 is 5.23. The molecule has 1 N–H and O–H groups in total. The molecule has 2 aromatic rings. The molecule has 1 amide bonds. The third-order valence-corrected chi connectivity index (χ3v) is 4.10. The fraction of sp³-hybridized carbons (Fsp3) is 0.438. The van der Waals surface area contributed by atoms with Crippen LogP contribution in [0.25, 0.3) is 11.4 Å². The monoisotopic (exact) mass is 334 g/mol. The topological polar surface area (TPSA) is 71.3 Å². The molecule has 1 saturated heterocycles. The average Bonchev–Trinajstić information content (AvgIpc) is 3.02. The van der Waals surface area contributed by atoms with Crippen molar-refractivity contribution in [2.75, 3.05) is 19.6 Å². The van der Waals surface area contributed by atoms with Crippen LogP contribution in [0.2, 0.25) is 5.02 Å². The zero-order valence-electron chi connectivity index (χ0n) is 13.0. The number of aryl methyl sites for hydroxylation is 1. The van der Waals surface area contributed by atoms with Crippen LogP contribution in [-0.4, -0.2) is 46.6 Å². The Labute approximate surface area is 139 Å². The first-order chi connectivity index (χ1) is 11.1. The van der Waals surface area contributed by atoms with E-state index in [0.29, 0.717) is 35.6 Å². The maximum atomic E-state index is 12.2. The summed E-state index contributed by atoms with van der Waals surface area (Å²) in [5, 5.41) is 7.94. The lowest BCUT2D eigenvalue weighted by Crippen LogP contribution is -2.51. The van der Waals surface area contributed by atoms with Gasteiger partial charge < -0.3 is 14.7 Å². The van der Waals surface area contributed by atoms with E-state index in [4.69, 9.17) is 16.1 Å². The molecule has 1 aromatic carbocycles. The van der Waals surface area contributed by atoms with Crippen molar-refractivity contribution in [2.45, 2.75) is 25.8 Å². The molecule has 1 fully saturated rings. The number of amides is 1. The van der Waals surface area contributed by atoms with Gasteiger partial charge in [0.05, 0.1) is 0 Å². The first kappa shape index (κ1) is 16.0. The molecule has 3 rings (SSSR count). The summed E-state index contributed by atoms with van der Waals surface area (Å²) in [6.45, 7) is 4.42. The van der Waals surface area contributed by atoms with Crippen LogP contribution in [0.1, 0.15) is 19.2 Å². The number of aromatic nitrogens is 2. The van der Waals surface area contributed by atoms with Crippen molar-refractivity contribution in [1.29, 1.82) is 0 Å². The number of nitrogens with zero attached hydrogens (tertiary/aromatic N) is 3. The van der Waals surface area contributed by atoms with Gasteiger partial charge in [-0.05, 0) is 31.2 Å². The van der Waals surface area contributed by atoms with Crippen molar-refractivity contribution >= 4 is 17.5 Å². The highest BCUT2D eigenvalue weighted by atomic mass is 35.5. The molecule has 1 aromatic heterocycles. The Morgan fingerprint density at radius 3 is 2.96 bits per heavy atom. The molecule has 1 aliphatic heterocycles. The zero-order chi connectivity index (χ0) is 16.2. The number of rotatable bonds is 4. The van der Waals surface area contributed by atoms with Gasteiger partial charge in [0, 0.05) is 49.1 Å².